The number of nitrogens with zero attached hydrogens (tertiary/aromatic N) is 1. The van der Waals surface area contributed by atoms with Crippen LogP contribution >= 0.6 is 35.4 Å². The van der Waals surface area contributed by atoms with Crippen molar-refractivity contribution in [2.24, 2.45) is 0 Å². The van der Waals surface area contributed by atoms with Gasteiger partial charge in [0.1, 0.15) is 11.3 Å². The van der Waals surface area contributed by atoms with E-state index >= 15 is 0 Å². The molecule has 0 aliphatic carbocycles. The van der Waals surface area contributed by atoms with E-state index in [0.29, 0.717) is 22.7 Å². The van der Waals surface area contributed by atoms with Gasteiger partial charge in [-0.25, -0.2) is 0 Å². The van der Waals surface area contributed by atoms with Gasteiger partial charge in [0.15, 0.2) is 10.9 Å². The Kier molecular flexibility index (Phi) is 5.88. The first kappa shape index (κ1) is 20.1. The lowest BCUT2D eigenvalue weighted by Gasteiger charge is -2.29. The van der Waals surface area contributed by atoms with E-state index in [-0.39, 0.29) is 20.7 Å². The molecule has 1 N–H and O–H groups in total. The van der Waals surface area contributed by atoms with Crippen LogP contribution in [0.4, 0.5) is 5.69 Å². The third-order valence-corrected chi connectivity index (χ3v) is 4.81. The van der Waals surface area contributed by atoms with Crippen molar-refractivity contribution in [2.75, 3.05) is 19.1 Å². The third kappa shape index (κ3) is 3.82. The van der Waals surface area contributed by atoms with E-state index in [1.807, 2.05) is 0 Å². The summed E-state index contributed by atoms with van der Waals surface area (Å²) in [5.41, 5.74) is 0.853. The largest absolute Gasteiger partial charge is 0.497 e. The molecular weight excluding hydrogens is 423 g/mol. The Morgan fingerprint density at radius 3 is 2.18 bits per heavy atom. The molecule has 0 radical (unpaired) electrons. The van der Waals surface area contributed by atoms with Crippen LogP contribution in [0.3, 0.4) is 0 Å². The van der Waals surface area contributed by atoms with Crippen molar-refractivity contribution in [3.05, 3.63) is 57.6 Å². The van der Waals surface area contributed by atoms with E-state index in [1.165, 1.54) is 25.2 Å². The van der Waals surface area contributed by atoms with Crippen molar-refractivity contribution in [3.8, 4) is 11.5 Å². The summed E-state index contributed by atoms with van der Waals surface area (Å²) in [6, 6.07) is 9.80. The second kappa shape index (κ2) is 8.18. The fourth-order valence-corrected chi connectivity index (χ4v) is 3.59. The number of ether oxygens (including phenoxy) is 2. The van der Waals surface area contributed by atoms with Crippen molar-refractivity contribution < 1.29 is 19.1 Å². The molecule has 2 aromatic rings. The van der Waals surface area contributed by atoms with E-state index in [4.69, 9.17) is 44.9 Å². The molecule has 0 atom stereocenters. The number of anilines is 1. The average Bonchev–Trinajstić information content (AvgIpc) is 2.65. The van der Waals surface area contributed by atoms with Crippen LogP contribution in [0.25, 0.3) is 6.08 Å². The van der Waals surface area contributed by atoms with Gasteiger partial charge in [0.2, 0.25) is 0 Å². The molecule has 0 aromatic heterocycles. The van der Waals surface area contributed by atoms with E-state index in [1.54, 1.807) is 36.4 Å². The molecule has 1 aliphatic heterocycles. The number of carbonyl (C=O) groups is 2. The van der Waals surface area contributed by atoms with E-state index in [9.17, 15) is 9.59 Å². The predicted octanol–water partition coefficient (Wildman–Crippen LogP) is 3.84. The van der Waals surface area contributed by atoms with Crippen molar-refractivity contribution in [3.63, 3.8) is 0 Å². The van der Waals surface area contributed by atoms with Gasteiger partial charge in [-0.3, -0.25) is 19.8 Å². The SMILES string of the molecule is COc1ccc(N2C(=O)/C(=C\c3cc(Cl)c(OC)c(Cl)c3)C(=O)NC2=S)cc1. The highest BCUT2D eigenvalue weighted by Crippen LogP contribution is 2.35. The number of hydrogen-bond donors (Lipinski definition) is 1. The molecular formula is C19H14Cl2N2O4S. The standard InChI is InChI=1S/C19H14Cl2N2O4S/c1-26-12-5-3-11(4-6-12)23-18(25)13(17(24)22-19(23)28)7-10-8-14(20)16(27-2)15(21)9-10/h3-9H,1-2H3,(H,22,24,28)/b13-7-. The third-order valence-electron chi connectivity index (χ3n) is 3.97. The molecule has 9 heteroatoms. The lowest BCUT2D eigenvalue weighted by atomic mass is 10.1. The summed E-state index contributed by atoms with van der Waals surface area (Å²) in [6.07, 6.45) is 1.40. The summed E-state index contributed by atoms with van der Waals surface area (Å²) in [5, 5.41) is 3.02. The number of amides is 2. The molecule has 1 aliphatic rings. The highest BCUT2D eigenvalue weighted by Gasteiger charge is 2.34. The Labute approximate surface area is 176 Å². The van der Waals surface area contributed by atoms with Crippen LogP contribution in [-0.2, 0) is 9.59 Å². The fraction of sp³-hybridized carbons (Fsp3) is 0.105. The van der Waals surface area contributed by atoms with Crippen LogP contribution in [-0.4, -0.2) is 31.1 Å². The Hall–Kier alpha value is -2.61. The topological polar surface area (TPSA) is 67.9 Å². The molecule has 144 valence electrons. The molecule has 6 nitrogen and oxygen atoms in total. The summed E-state index contributed by atoms with van der Waals surface area (Å²) in [4.78, 5) is 26.6. The Morgan fingerprint density at radius 2 is 1.64 bits per heavy atom. The lowest BCUT2D eigenvalue weighted by Crippen LogP contribution is -2.54. The number of thiocarbonyl (C=S) groups is 1. The van der Waals surface area contributed by atoms with Crippen LogP contribution in [0.1, 0.15) is 5.56 Å². The van der Waals surface area contributed by atoms with Gasteiger partial charge in [-0.1, -0.05) is 23.2 Å². The van der Waals surface area contributed by atoms with Gasteiger partial charge in [0.05, 0.1) is 30.0 Å². The first-order valence-corrected chi connectivity index (χ1v) is 9.10. The van der Waals surface area contributed by atoms with Gasteiger partial charge in [0, 0.05) is 0 Å². The van der Waals surface area contributed by atoms with E-state index in [2.05, 4.69) is 5.32 Å². The monoisotopic (exact) mass is 436 g/mol. The molecule has 1 saturated heterocycles. The summed E-state index contributed by atoms with van der Waals surface area (Å²) in [5.74, 6) is -0.239. The molecule has 0 unspecified atom stereocenters. The minimum Gasteiger partial charge on any atom is -0.497 e. The maximum atomic E-state index is 13.0. The van der Waals surface area contributed by atoms with Crippen LogP contribution in [0.5, 0.6) is 11.5 Å². The van der Waals surface area contributed by atoms with E-state index < -0.39 is 11.8 Å². The zero-order valence-corrected chi connectivity index (χ0v) is 17.1. The molecule has 1 heterocycles. The fourth-order valence-electron chi connectivity index (χ4n) is 2.65. The number of hydrogen-bond acceptors (Lipinski definition) is 5. The van der Waals surface area contributed by atoms with E-state index in [0.717, 1.165) is 0 Å². The Morgan fingerprint density at radius 1 is 1.04 bits per heavy atom. The average molecular weight is 437 g/mol. The van der Waals surface area contributed by atoms with Crippen molar-refractivity contribution >= 4 is 64.1 Å². The smallest absolute Gasteiger partial charge is 0.270 e. The minimum absolute atomic E-state index is 0.0110. The number of carbonyl (C=O) groups excluding carboxylic acids is 2. The highest BCUT2D eigenvalue weighted by molar-refractivity contribution is 7.80. The first-order valence-electron chi connectivity index (χ1n) is 7.94. The quantitative estimate of drug-likeness (QED) is 0.447. The predicted molar refractivity (Wildman–Crippen MR) is 112 cm³/mol. The van der Waals surface area contributed by atoms with Crippen molar-refractivity contribution in [1.29, 1.82) is 0 Å². The number of benzene rings is 2. The van der Waals surface area contributed by atoms with Gasteiger partial charge in [-0.2, -0.15) is 0 Å². The maximum absolute atomic E-state index is 13.0. The van der Waals surface area contributed by atoms with Gasteiger partial charge in [-0.05, 0) is 60.3 Å². The molecule has 2 amide bonds. The molecule has 0 bridgehead atoms. The zero-order valence-electron chi connectivity index (χ0n) is 14.8. The maximum Gasteiger partial charge on any atom is 0.270 e. The molecule has 1 fully saturated rings. The number of halogens is 2. The number of rotatable bonds is 4. The second-order valence-electron chi connectivity index (χ2n) is 5.67. The first-order chi connectivity index (χ1) is 13.3. The lowest BCUT2D eigenvalue weighted by molar-refractivity contribution is -0.122. The van der Waals surface area contributed by atoms with Gasteiger partial charge in [-0.15, -0.1) is 0 Å². The molecule has 2 aromatic carbocycles. The molecule has 0 saturated carbocycles. The van der Waals surface area contributed by atoms with Crippen LogP contribution < -0.4 is 19.7 Å². The van der Waals surface area contributed by atoms with Crippen molar-refractivity contribution in [1.82, 2.24) is 5.32 Å². The highest BCUT2D eigenvalue weighted by atomic mass is 35.5. The summed E-state index contributed by atoms with van der Waals surface area (Å²) < 4.78 is 10.2. The summed E-state index contributed by atoms with van der Waals surface area (Å²) in [7, 11) is 2.98. The Balaban J connectivity index is 2.01. The van der Waals surface area contributed by atoms with Crippen LogP contribution in [0.2, 0.25) is 10.0 Å². The number of nitrogens with one attached hydrogen (secondary N) is 1. The molecule has 0 spiro atoms. The molecule has 3 rings (SSSR count). The van der Waals surface area contributed by atoms with Gasteiger partial charge < -0.3 is 9.47 Å². The van der Waals surface area contributed by atoms with Crippen LogP contribution in [0.15, 0.2) is 42.0 Å². The second-order valence-corrected chi connectivity index (χ2v) is 6.87. The van der Waals surface area contributed by atoms with Crippen molar-refractivity contribution in [2.45, 2.75) is 0 Å². The normalized spacial score (nSPS) is 15.6. The molecule has 28 heavy (non-hydrogen) atoms. The van der Waals surface area contributed by atoms with Gasteiger partial charge >= 0.3 is 0 Å². The van der Waals surface area contributed by atoms with Gasteiger partial charge in [0.25, 0.3) is 11.8 Å². The summed E-state index contributed by atoms with van der Waals surface area (Å²) in [6.45, 7) is 0. The minimum atomic E-state index is -0.608. The zero-order chi connectivity index (χ0) is 20.4. The summed E-state index contributed by atoms with van der Waals surface area (Å²) >= 11 is 17.4. The van der Waals surface area contributed by atoms with Crippen LogP contribution in [0, 0.1) is 0 Å². The Bertz CT molecular complexity index is 982. The number of methoxy groups -OCH3 is 2.